The largest absolute Gasteiger partial charge is 0.455 e. The third-order valence-corrected chi connectivity index (χ3v) is 9.76. The lowest BCUT2D eigenvalue weighted by molar-refractivity contribution is -0.140. The molecule has 2 aromatic heterocycles. The molecule has 5 atom stereocenters. The Morgan fingerprint density at radius 2 is 1.47 bits per heavy atom. The quantitative estimate of drug-likeness (QED) is 0.160. The zero-order valence-electron chi connectivity index (χ0n) is 24.4. The summed E-state index contributed by atoms with van der Waals surface area (Å²) in [5, 5.41) is 2.76. The molecule has 1 unspecified atom stereocenters. The van der Waals surface area contributed by atoms with Gasteiger partial charge < -0.3 is 9.47 Å². The number of ether oxygens (including phenoxy) is 2. The molecule has 13 nitrogen and oxygen atoms in total. The van der Waals surface area contributed by atoms with Gasteiger partial charge in [-0.15, -0.1) is 0 Å². The third-order valence-electron chi connectivity index (χ3n) is 9.76. The van der Waals surface area contributed by atoms with Crippen LogP contribution in [0.1, 0.15) is 32.2 Å². The van der Waals surface area contributed by atoms with Crippen LogP contribution in [0.3, 0.4) is 0 Å². The highest BCUT2D eigenvalue weighted by Gasteiger charge is 2.62. The van der Waals surface area contributed by atoms with Crippen LogP contribution in [0, 0.1) is 5.92 Å². The maximum atomic E-state index is 14.0. The first-order valence-electron chi connectivity index (χ1n) is 14.9. The maximum Gasteiger partial charge on any atom is 0.352 e. The lowest BCUT2D eigenvalue weighted by atomic mass is 9.80. The summed E-state index contributed by atoms with van der Waals surface area (Å²) in [6.45, 7) is 6.02. The molecule has 5 heterocycles. The first-order chi connectivity index (χ1) is 21.7. The van der Waals surface area contributed by atoms with Crippen LogP contribution in [0.2, 0.25) is 0 Å². The number of hydrogen-bond donors (Lipinski definition) is 1. The zero-order valence-corrected chi connectivity index (χ0v) is 24.4. The number of allylic oxidation sites excluding steroid dienone is 2. The molecule has 0 spiro atoms. The smallest absolute Gasteiger partial charge is 0.352 e. The first-order valence-corrected chi connectivity index (χ1v) is 14.9. The van der Waals surface area contributed by atoms with Crippen LogP contribution < -0.4 is 22.8 Å². The molecule has 0 bridgehead atoms. The highest BCUT2D eigenvalue weighted by Crippen LogP contribution is 2.51. The lowest BCUT2D eigenvalue weighted by Gasteiger charge is -2.32. The first kappa shape index (κ1) is 27.4. The highest BCUT2D eigenvalue weighted by atomic mass is 16.6. The average Bonchev–Trinajstić information content (AvgIpc) is 3.39. The van der Waals surface area contributed by atoms with Gasteiger partial charge in [0, 0.05) is 11.5 Å². The number of esters is 1. The summed E-state index contributed by atoms with van der Waals surface area (Å²) in [5.41, 5.74) is -0.143. The van der Waals surface area contributed by atoms with E-state index in [2.05, 4.69) is 11.7 Å². The van der Waals surface area contributed by atoms with E-state index >= 15 is 0 Å². The van der Waals surface area contributed by atoms with Crippen LogP contribution in [0.5, 0.6) is 0 Å². The molecule has 4 aromatic rings. The monoisotopic (exact) mass is 610 g/mol. The second-order valence-electron chi connectivity index (χ2n) is 12.3. The van der Waals surface area contributed by atoms with Crippen molar-refractivity contribution in [1.82, 2.24) is 28.3 Å². The van der Waals surface area contributed by atoms with Gasteiger partial charge in [0.05, 0.1) is 36.1 Å². The van der Waals surface area contributed by atoms with Crippen molar-refractivity contribution in [3.63, 3.8) is 0 Å². The Hall–Kier alpha value is -5.17. The van der Waals surface area contributed by atoms with Gasteiger partial charge in [-0.25, -0.2) is 52.3 Å². The van der Waals surface area contributed by atoms with Crippen molar-refractivity contribution >= 4 is 5.97 Å². The van der Waals surface area contributed by atoms with Gasteiger partial charge in [-0.2, -0.15) is 0 Å². The zero-order chi connectivity index (χ0) is 31.2. The molecule has 0 saturated carbocycles. The number of para-hydroxylation sites is 2. The SMILES string of the molecule is C=C1C(=O)O[C@@H]2[C@H]3O[C@]3(C)CCC(n3[nH]c(=O)n(-c4ccccc4)c3=O)C3=C(C[C@@H]12)Cn1c(=O)n(-c2ccccc2)c(=O)n1C3. The molecule has 3 aliphatic heterocycles. The van der Waals surface area contributed by atoms with E-state index in [1.54, 1.807) is 60.7 Å². The number of carbonyl (C=O) groups excluding carboxylic acids is 1. The van der Waals surface area contributed by atoms with Crippen molar-refractivity contribution in [1.29, 1.82) is 0 Å². The number of H-pyrrole nitrogens is 1. The van der Waals surface area contributed by atoms with Gasteiger partial charge in [-0.1, -0.05) is 43.0 Å². The molecule has 0 radical (unpaired) electrons. The van der Waals surface area contributed by atoms with Gasteiger partial charge in [-0.05, 0) is 61.6 Å². The molecule has 0 amide bonds. The van der Waals surface area contributed by atoms with Crippen LogP contribution in [0.25, 0.3) is 11.4 Å². The molecule has 2 fully saturated rings. The minimum Gasteiger partial charge on any atom is -0.455 e. The van der Waals surface area contributed by atoms with Crippen molar-refractivity contribution in [2.45, 2.75) is 63.1 Å². The second kappa shape index (κ2) is 9.66. The van der Waals surface area contributed by atoms with Crippen molar-refractivity contribution < 1.29 is 14.3 Å². The molecule has 2 aromatic carbocycles. The summed E-state index contributed by atoms with van der Waals surface area (Å²) in [6.07, 6.45) is 0.250. The van der Waals surface area contributed by atoms with E-state index in [4.69, 9.17) is 9.47 Å². The predicted octanol–water partition coefficient (Wildman–Crippen LogP) is 1.43. The minimum absolute atomic E-state index is 0.00143. The van der Waals surface area contributed by atoms with Crippen molar-refractivity contribution in [3.05, 3.63) is 126 Å². The Morgan fingerprint density at radius 3 is 2.13 bits per heavy atom. The number of nitrogens with zero attached hydrogens (tertiary/aromatic N) is 5. The van der Waals surface area contributed by atoms with E-state index in [1.165, 1.54) is 14.0 Å². The van der Waals surface area contributed by atoms with Crippen LogP contribution in [0.15, 0.2) is 103 Å². The normalized spacial score (nSPS) is 27.3. The molecule has 230 valence electrons. The lowest BCUT2D eigenvalue weighted by Crippen LogP contribution is -2.39. The topological polar surface area (TPSA) is 148 Å². The molecule has 2 saturated heterocycles. The van der Waals surface area contributed by atoms with E-state index in [-0.39, 0.29) is 19.2 Å². The fourth-order valence-corrected chi connectivity index (χ4v) is 7.29. The standard InChI is InChI=1S/C32H30N6O7/c1-18-22-15-19-16-34-29(41)37(21-11-7-4-8-12-21)30(42)35(34)17-23(19)24(13-14-32(2)26(45-32)25(22)44-27(18)39)38-31(43)36(28(40)33-38)20-9-5-3-6-10-20/h3-12,22,24-26H,1,13-17H2,2H3,(H,33,40)/t22-,24?,25-,26+,32+/m0/s1. The third kappa shape index (κ3) is 4.06. The number of benzene rings is 2. The summed E-state index contributed by atoms with van der Waals surface area (Å²) in [5.74, 6) is -0.913. The molecule has 8 rings (SSSR count). The summed E-state index contributed by atoms with van der Waals surface area (Å²) in [4.78, 5) is 67.4. The van der Waals surface area contributed by atoms with Crippen LogP contribution in [-0.2, 0) is 27.4 Å². The molecule has 1 aliphatic carbocycles. The van der Waals surface area contributed by atoms with Crippen LogP contribution >= 0.6 is 0 Å². The number of rotatable bonds is 3. The summed E-state index contributed by atoms with van der Waals surface area (Å²) in [6, 6.07) is 16.6. The van der Waals surface area contributed by atoms with E-state index in [0.717, 1.165) is 14.7 Å². The number of aromatic nitrogens is 6. The minimum atomic E-state index is -0.675. The predicted molar refractivity (Wildman–Crippen MR) is 161 cm³/mol. The number of nitrogens with one attached hydrogen (secondary N) is 1. The number of fused-ring (bicyclic) bond motifs is 4. The van der Waals surface area contributed by atoms with Gasteiger partial charge in [-0.3, -0.25) is 0 Å². The van der Waals surface area contributed by atoms with Gasteiger partial charge >= 0.3 is 28.7 Å². The number of carbonyl (C=O) groups is 1. The van der Waals surface area contributed by atoms with Crippen molar-refractivity contribution in [2.24, 2.45) is 5.92 Å². The van der Waals surface area contributed by atoms with Crippen LogP contribution in [-0.4, -0.2) is 52.1 Å². The Morgan fingerprint density at radius 1 is 0.844 bits per heavy atom. The fourth-order valence-electron chi connectivity index (χ4n) is 7.29. The highest BCUT2D eigenvalue weighted by molar-refractivity contribution is 5.91. The molecule has 4 aliphatic rings. The maximum absolute atomic E-state index is 14.0. The van der Waals surface area contributed by atoms with Gasteiger partial charge in [0.1, 0.15) is 12.2 Å². The summed E-state index contributed by atoms with van der Waals surface area (Å²) in [7, 11) is 0. The van der Waals surface area contributed by atoms with Crippen molar-refractivity contribution in [3.8, 4) is 11.4 Å². The Bertz CT molecular complexity index is 2160. The van der Waals surface area contributed by atoms with Gasteiger partial charge in [0.15, 0.2) is 0 Å². The van der Waals surface area contributed by atoms with E-state index < -0.39 is 52.4 Å². The van der Waals surface area contributed by atoms with Gasteiger partial charge in [0.25, 0.3) is 0 Å². The van der Waals surface area contributed by atoms with E-state index in [9.17, 15) is 24.0 Å². The van der Waals surface area contributed by atoms with E-state index in [0.29, 0.717) is 41.8 Å². The van der Waals surface area contributed by atoms with Crippen LogP contribution in [0.4, 0.5) is 0 Å². The van der Waals surface area contributed by atoms with Crippen molar-refractivity contribution in [2.75, 3.05) is 0 Å². The molecular weight excluding hydrogens is 580 g/mol. The Kier molecular flexibility index (Phi) is 5.88. The van der Waals surface area contributed by atoms with E-state index in [1.807, 2.05) is 6.92 Å². The number of aromatic amines is 1. The Balaban J connectivity index is 1.32. The molecule has 1 N–H and O–H groups in total. The number of hydrogen-bond acceptors (Lipinski definition) is 7. The second-order valence-corrected chi connectivity index (χ2v) is 12.3. The fraction of sp³-hybridized carbons (Fsp3) is 0.344. The number of epoxide rings is 1. The summed E-state index contributed by atoms with van der Waals surface area (Å²) < 4.78 is 18.2. The van der Waals surface area contributed by atoms with Gasteiger partial charge in [0.2, 0.25) is 0 Å². The molecule has 13 heteroatoms. The Labute approximate surface area is 254 Å². The summed E-state index contributed by atoms with van der Waals surface area (Å²) >= 11 is 0. The molecule has 45 heavy (non-hydrogen) atoms. The average molecular weight is 611 g/mol. The molecular formula is C32H30N6O7.